The predicted molar refractivity (Wildman–Crippen MR) is 132 cm³/mol. The van der Waals surface area contributed by atoms with E-state index in [1.807, 2.05) is 49.4 Å². The van der Waals surface area contributed by atoms with Gasteiger partial charge in [0.1, 0.15) is 11.8 Å². The van der Waals surface area contributed by atoms with Crippen LogP contribution in [-0.2, 0) is 21.2 Å². The van der Waals surface area contributed by atoms with Crippen LogP contribution in [0.3, 0.4) is 0 Å². The fraction of sp³-hybridized carbons (Fsp3) is 0.240. The third kappa shape index (κ3) is 6.13. The van der Waals surface area contributed by atoms with Gasteiger partial charge in [0.05, 0.1) is 17.7 Å². The maximum absolute atomic E-state index is 13.4. The van der Waals surface area contributed by atoms with Crippen LogP contribution in [0.1, 0.15) is 22.3 Å². The second kappa shape index (κ2) is 10.4. The lowest BCUT2D eigenvalue weighted by molar-refractivity contribution is -0.117. The Morgan fingerprint density at radius 2 is 1.64 bits per heavy atom. The maximum Gasteiger partial charge on any atom is 0.243 e. The van der Waals surface area contributed by atoms with Crippen molar-refractivity contribution in [2.24, 2.45) is 0 Å². The zero-order valence-corrected chi connectivity index (χ0v) is 20.5. The number of hydrogen-bond donors (Lipinski definition) is 2. The van der Waals surface area contributed by atoms with Crippen molar-refractivity contribution in [1.29, 1.82) is 0 Å². The lowest BCUT2D eigenvalue weighted by Crippen LogP contribution is -2.45. The van der Waals surface area contributed by atoms with Gasteiger partial charge in [0.15, 0.2) is 0 Å². The minimum Gasteiger partial charge on any atom is -0.495 e. The molecule has 0 heterocycles. The molecule has 0 fully saturated rings. The standard InChI is InChI=1S/C25H27ClN2O4S/c1-16-12-17(2)24(18(3)13-16)33(30,31)28-22(14-19-8-6-5-7-9-19)25(29)27-21-15-20(26)10-11-23(21)32-4/h5-13,15,22,28H,14H2,1-4H3,(H,27,29)/t22-/m1/s1. The molecule has 3 rings (SSSR count). The number of carbonyl (C=O) groups is 1. The van der Waals surface area contributed by atoms with Crippen LogP contribution in [0.2, 0.25) is 5.02 Å². The first kappa shape index (κ1) is 24.8. The van der Waals surface area contributed by atoms with Crippen molar-refractivity contribution in [2.75, 3.05) is 12.4 Å². The molecule has 6 nitrogen and oxygen atoms in total. The van der Waals surface area contributed by atoms with Crippen molar-refractivity contribution in [3.05, 3.63) is 87.9 Å². The SMILES string of the molecule is COc1ccc(Cl)cc1NC(=O)[C@@H](Cc1ccccc1)NS(=O)(=O)c1c(C)cc(C)cc1C. The number of benzene rings is 3. The molecule has 8 heteroatoms. The molecule has 0 aromatic heterocycles. The Morgan fingerprint density at radius 1 is 1.00 bits per heavy atom. The molecule has 1 amide bonds. The lowest BCUT2D eigenvalue weighted by Gasteiger charge is -2.21. The number of sulfonamides is 1. The van der Waals surface area contributed by atoms with E-state index in [0.29, 0.717) is 27.6 Å². The highest BCUT2D eigenvalue weighted by molar-refractivity contribution is 7.89. The van der Waals surface area contributed by atoms with Crippen LogP contribution in [0.5, 0.6) is 5.75 Å². The first-order chi connectivity index (χ1) is 15.6. The van der Waals surface area contributed by atoms with Gasteiger partial charge in [-0.15, -0.1) is 0 Å². The van der Waals surface area contributed by atoms with Gasteiger partial charge in [-0.3, -0.25) is 4.79 Å². The van der Waals surface area contributed by atoms with Gasteiger partial charge in [-0.25, -0.2) is 8.42 Å². The van der Waals surface area contributed by atoms with Crippen LogP contribution in [0.15, 0.2) is 65.6 Å². The number of methoxy groups -OCH3 is 1. The Bertz CT molecular complexity index is 1240. The maximum atomic E-state index is 13.4. The zero-order valence-electron chi connectivity index (χ0n) is 19.0. The fourth-order valence-corrected chi connectivity index (χ4v) is 5.69. The van der Waals surface area contributed by atoms with Gasteiger partial charge in [-0.05, 0) is 62.1 Å². The van der Waals surface area contributed by atoms with Crippen molar-refractivity contribution < 1.29 is 17.9 Å². The molecule has 3 aromatic rings. The fourth-order valence-electron chi connectivity index (χ4n) is 3.87. The molecule has 2 N–H and O–H groups in total. The van der Waals surface area contributed by atoms with E-state index >= 15 is 0 Å². The Morgan fingerprint density at radius 3 is 2.24 bits per heavy atom. The molecule has 3 aromatic carbocycles. The minimum atomic E-state index is -3.99. The molecule has 0 aliphatic carbocycles. The molecule has 0 radical (unpaired) electrons. The van der Waals surface area contributed by atoms with Crippen LogP contribution >= 0.6 is 11.6 Å². The minimum absolute atomic E-state index is 0.165. The number of amides is 1. The summed E-state index contributed by atoms with van der Waals surface area (Å²) in [6, 6.07) is 16.6. The lowest BCUT2D eigenvalue weighted by atomic mass is 10.1. The molecule has 0 saturated heterocycles. The number of halogens is 1. The van der Waals surface area contributed by atoms with Gasteiger partial charge < -0.3 is 10.1 Å². The van der Waals surface area contributed by atoms with Gasteiger partial charge in [-0.2, -0.15) is 4.72 Å². The van der Waals surface area contributed by atoms with E-state index in [1.54, 1.807) is 32.0 Å². The van der Waals surface area contributed by atoms with Crippen LogP contribution in [0, 0.1) is 20.8 Å². The highest BCUT2D eigenvalue weighted by Crippen LogP contribution is 2.28. The van der Waals surface area contributed by atoms with Gasteiger partial charge >= 0.3 is 0 Å². The second-order valence-electron chi connectivity index (χ2n) is 7.93. The summed E-state index contributed by atoms with van der Waals surface area (Å²) in [5.74, 6) is -0.107. The van der Waals surface area contributed by atoms with E-state index in [-0.39, 0.29) is 11.3 Å². The summed E-state index contributed by atoms with van der Waals surface area (Å²) < 4.78 is 34.7. The number of hydrogen-bond acceptors (Lipinski definition) is 4. The summed E-state index contributed by atoms with van der Waals surface area (Å²) in [6.45, 7) is 5.41. The zero-order chi connectivity index (χ0) is 24.2. The van der Waals surface area contributed by atoms with E-state index in [4.69, 9.17) is 16.3 Å². The van der Waals surface area contributed by atoms with Gasteiger partial charge in [0.25, 0.3) is 0 Å². The normalized spacial score (nSPS) is 12.3. The Hall–Kier alpha value is -2.87. The molecule has 174 valence electrons. The summed E-state index contributed by atoms with van der Waals surface area (Å²) in [5.41, 5.74) is 3.38. The number of nitrogens with one attached hydrogen (secondary N) is 2. The van der Waals surface area contributed by atoms with Crippen LogP contribution < -0.4 is 14.8 Å². The van der Waals surface area contributed by atoms with Crippen LogP contribution in [0.4, 0.5) is 5.69 Å². The van der Waals surface area contributed by atoms with E-state index in [1.165, 1.54) is 7.11 Å². The number of anilines is 1. The molecule has 0 bridgehead atoms. The van der Waals surface area contributed by atoms with Gasteiger partial charge in [0, 0.05) is 5.02 Å². The smallest absolute Gasteiger partial charge is 0.243 e. The molecule has 0 aliphatic rings. The number of aryl methyl sites for hydroxylation is 3. The molecule has 1 atom stereocenters. The largest absolute Gasteiger partial charge is 0.495 e. The van der Waals surface area contributed by atoms with E-state index in [2.05, 4.69) is 10.0 Å². The number of carbonyl (C=O) groups excluding carboxylic acids is 1. The number of ether oxygens (including phenoxy) is 1. The Balaban J connectivity index is 1.97. The van der Waals surface area contributed by atoms with Crippen LogP contribution in [0.25, 0.3) is 0 Å². The molecular weight excluding hydrogens is 460 g/mol. The van der Waals surface area contributed by atoms with Crippen molar-refractivity contribution in [1.82, 2.24) is 4.72 Å². The third-order valence-corrected chi connectivity index (χ3v) is 7.20. The summed E-state index contributed by atoms with van der Waals surface area (Å²) in [5, 5.41) is 3.17. The Labute approximate surface area is 200 Å². The topological polar surface area (TPSA) is 84.5 Å². The highest BCUT2D eigenvalue weighted by Gasteiger charge is 2.29. The summed E-state index contributed by atoms with van der Waals surface area (Å²) >= 11 is 6.08. The third-order valence-electron chi connectivity index (χ3n) is 5.19. The highest BCUT2D eigenvalue weighted by atomic mass is 35.5. The second-order valence-corrected chi connectivity index (χ2v) is 10.0. The van der Waals surface area contributed by atoms with Crippen molar-refractivity contribution in [2.45, 2.75) is 38.1 Å². The van der Waals surface area contributed by atoms with Crippen molar-refractivity contribution in [3.63, 3.8) is 0 Å². The molecule has 0 unspecified atom stereocenters. The van der Waals surface area contributed by atoms with Crippen molar-refractivity contribution >= 4 is 33.2 Å². The molecule has 0 saturated carbocycles. The van der Waals surface area contributed by atoms with Crippen LogP contribution in [-0.4, -0.2) is 27.5 Å². The van der Waals surface area contributed by atoms with E-state index < -0.39 is 22.0 Å². The average molecular weight is 487 g/mol. The number of rotatable bonds is 8. The van der Waals surface area contributed by atoms with Crippen molar-refractivity contribution in [3.8, 4) is 5.75 Å². The molecule has 33 heavy (non-hydrogen) atoms. The van der Waals surface area contributed by atoms with E-state index in [9.17, 15) is 13.2 Å². The molecular formula is C25H27ClN2O4S. The monoisotopic (exact) mass is 486 g/mol. The Kier molecular flexibility index (Phi) is 7.79. The molecule has 0 spiro atoms. The summed E-state index contributed by atoms with van der Waals surface area (Å²) in [6.07, 6.45) is 0.165. The summed E-state index contributed by atoms with van der Waals surface area (Å²) in [7, 11) is -2.51. The quantitative estimate of drug-likeness (QED) is 0.479. The first-order valence-electron chi connectivity index (χ1n) is 10.4. The predicted octanol–water partition coefficient (Wildman–Crippen LogP) is 4.80. The molecule has 0 aliphatic heterocycles. The average Bonchev–Trinajstić information content (AvgIpc) is 2.73. The van der Waals surface area contributed by atoms with E-state index in [0.717, 1.165) is 11.1 Å². The summed E-state index contributed by atoms with van der Waals surface area (Å²) in [4.78, 5) is 13.5. The first-order valence-corrected chi connectivity index (χ1v) is 12.3. The van der Waals surface area contributed by atoms with Gasteiger partial charge in [0.2, 0.25) is 15.9 Å². The van der Waals surface area contributed by atoms with Gasteiger partial charge in [-0.1, -0.05) is 59.6 Å².